The minimum Gasteiger partial charge on any atom is -0.459 e. The van der Waals surface area contributed by atoms with Crippen molar-refractivity contribution in [2.45, 2.75) is 13.3 Å². The SMILES string of the molecule is Cc1nc(NC(=O)c2ccco2)sc1Cc1ccc(F)cc1. The number of nitrogens with zero attached hydrogens (tertiary/aromatic N) is 1. The number of hydrogen-bond donors (Lipinski definition) is 1. The molecule has 3 aromatic rings. The summed E-state index contributed by atoms with van der Waals surface area (Å²) in [6.07, 6.45) is 2.10. The topological polar surface area (TPSA) is 55.1 Å². The number of nitrogens with one attached hydrogen (secondary N) is 1. The summed E-state index contributed by atoms with van der Waals surface area (Å²) >= 11 is 1.41. The number of hydrogen-bond acceptors (Lipinski definition) is 4. The largest absolute Gasteiger partial charge is 0.459 e. The van der Waals surface area contributed by atoms with E-state index in [1.807, 2.05) is 6.92 Å². The first-order valence-electron chi connectivity index (χ1n) is 6.67. The molecule has 0 spiro atoms. The maximum Gasteiger partial charge on any atom is 0.293 e. The predicted molar refractivity (Wildman–Crippen MR) is 82.7 cm³/mol. The van der Waals surface area contributed by atoms with Crippen LogP contribution in [0.3, 0.4) is 0 Å². The minimum atomic E-state index is -0.327. The monoisotopic (exact) mass is 316 g/mol. The van der Waals surface area contributed by atoms with Crippen LogP contribution in [-0.4, -0.2) is 10.9 Å². The van der Waals surface area contributed by atoms with E-state index in [-0.39, 0.29) is 17.5 Å². The lowest BCUT2D eigenvalue weighted by atomic mass is 10.1. The summed E-state index contributed by atoms with van der Waals surface area (Å²) in [7, 11) is 0. The Morgan fingerprint density at radius 2 is 2.09 bits per heavy atom. The lowest BCUT2D eigenvalue weighted by Crippen LogP contribution is -2.10. The molecule has 6 heteroatoms. The summed E-state index contributed by atoms with van der Waals surface area (Å²) in [5.74, 6) is -0.337. The summed E-state index contributed by atoms with van der Waals surface area (Å²) in [6, 6.07) is 9.61. The van der Waals surface area contributed by atoms with E-state index < -0.39 is 0 Å². The van der Waals surface area contributed by atoms with Crippen molar-refractivity contribution in [2.75, 3.05) is 5.32 Å². The Morgan fingerprint density at radius 1 is 1.32 bits per heavy atom. The zero-order valence-corrected chi connectivity index (χ0v) is 12.6. The highest BCUT2D eigenvalue weighted by Crippen LogP contribution is 2.25. The number of carbonyl (C=O) groups is 1. The van der Waals surface area contributed by atoms with Crippen molar-refractivity contribution in [1.29, 1.82) is 0 Å². The van der Waals surface area contributed by atoms with Crippen molar-refractivity contribution in [2.24, 2.45) is 0 Å². The van der Waals surface area contributed by atoms with Gasteiger partial charge >= 0.3 is 0 Å². The van der Waals surface area contributed by atoms with E-state index in [9.17, 15) is 9.18 Å². The summed E-state index contributed by atoms with van der Waals surface area (Å²) in [5.41, 5.74) is 1.85. The van der Waals surface area contributed by atoms with Gasteiger partial charge in [-0.2, -0.15) is 0 Å². The first-order valence-corrected chi connectivity index (χ1v) is 7.49. The molecule has 0 saturated heterocycles. The highest BCUT2D eigenvalue weighted by Gasteiger charge is 2.13. The molecule has 0 bridgehead atoms. The van der Waals surface area contributed by atoms with Gasteiger partial charge in [-0.15, -0.1) is 11.3 Å². The van der Waals surface area contributed by atoms with Crippen LogP contribution in [0.15, 0.2) is 47.1 Å². The van der Waals surface area contributed by atoms with Gasteiger partial charge in [-0.05, 0) is 36.8 Å². The second kappa shape index (κ2) is 6.11. The number of furan rings is 1. The molecule has 2 aromatic heterocycles. The van der Waals surface area contributed by atoms with Gasteiger partial charge in [0.15, 0.2) is 10.9 Å². The van der Waals surface area contributed by atoms with E-state index in [0.717, 1.165) is 16.1 Å². The van der Waals surface area contributed by atoms with Crippen molar-refractivity contribution in [3.63, 3.8) is 0 Å². The average molecular weight is 316 g/mol. The average Bonchev–Trinajstić information content (AvgIpc) is 3.12. The Morgan fingerprint density at radius 3 is 2.77 bits per heavy atom. The molecule has 0 unspecified atom stereocenters. The van der Waals surface area contributed by atoms with Crippen molar-refractivity contribution in [1.82, 2.24) is 4.98 Å². The maximum atomic E-state index is 12.9. The van der Waals surface area contributed by atoms with Crippen LogP contribution >= 0.6 is 11.3 Å². The number of aryl methyl sites for hydroxylation is 1. The molecule has 0 aliphatic heterocycles. The van der Waals surface area contributed by atoms with Crippen LogP contribution in [0.1, 0.15) is 26.7 Å². The highest BCUT2D eigenvalue weighted by atomic mass is 32.1. The standard InChI is InChI=1S/C16H13FN2O2S/c1-10-14(9-11-4-6-12(17)7-5-11)22-16(18-10)19-15(20)13-3-2-8-21-13/h2-8H,9H2,1H3,(H,18,19,20). The zero-order valence-electron chi connectivity index (χ0n) is 11.8. The van der Waals surface area contributed by atoms with Crippen molar-refractivity contribution in [3.05, 3.63) is 70.4 Å². The molecular weight excluding hydrogens is 303 g/mol. The fourth-order valence-corrected chi connectivity index (χ4v) is 2.99. The number of thiazole rings is 1. The van der Waals surface area contributed by atoms with Crippen molar-refractivity contribution in [3.8, 4) is 0 Å². The molecule has 0 saturated carbocycles. The number of amides is 1. The van der Waals surface area contributed by atoms with Gasteiger partial charge < -0.3 is 4.42 Å². The summed E-state index contributed by atoms with van der Waals surface area (Å²) in [6.45, 7) is 1.89. The van der Waals surface area contributed by atoms with E-state index in [1.165, 1.54) is 29.7 Å². The van der Waals surface area contributed by atoms with Crippen molar-refractivity contribution >= 4 is 22.4 Å². The van der Waals surface area contributed by atoms with E-state index in [0.29, 0.717) is 11.6 Å². The third-order valence-electron chi connectivity index (χ3n) is 3.14. The molecule has 3 rings (SSSR count). The molecule has 0 aliphatic carbocycles. The van der Waals surface area contributed by atoms with Crippen LogP contribution in [-0.2, 0) is 6.42 Å². The van der Waals surface area contributed by atoms with Gasteiger partial charge in [0.25, 0.3) is 5.91 Å². The summed E-state index contributed by atoms with van der Waals surface area (Å²) < 4.78 is 18.0. The second-order valence-corrected chi connectivity index (χ2v) is 5.85. The number of anilines is 1. The molecule has 1 amide bonds. The summed E-state index contributed by atoms with van der Waals surface area (Å²) in [4.78, 5) is 17.3. The Kier molecular flexibility index (Phi) is 4.02. The van der Waals surface area contributed by atoms with Crippen LogP contribution in [0.2, 0.25) is 0 Å². The van der Waals surface area contributed by atoms with Crippen LogP contribution in [0.5, 0.6) is 0 Å². The number of aromatic nitrogens is 1. The number of carbonyl (C=O) groups excluding carboxylic acids is 1. The van der Waals surface area contributed by atoms with Crippen LogP contribution in [0.4, 0.5) is 9.52 Å². The normalized spacial score (nSPS) is 10.6. The molecule has 4 nitrogen and oxygen atoms in total. The Hall–Kier alpha value is -2.47. The molecule has 22 heavy (non-hydrogen) atoms. The molecule has 0 fully saturated rings. The number of rotatable bonds is 4. The lowest BCUT2D eigenvalue weighted by molar-refractivity contribution is 0.0996. The van der Waals surface area contributed by atoms with E-state index in [1.54, 1.807) is 24.3 Å². The quantitative estimate of drug-likeness (QED) is 0.790. The maximum absolute atomic E-state index is 12.9. The Balaban J connectivity index is 1.73. The highest BCUT2D eigenvalue weighted by molar-refractivity contribution is 7.15. The van der Waals surface area contributed by atoms with Crippen LogP contribution in [0, 0.1) is 12.7 Å². The van der Waals surface area contributed by atoms with Crippen LogP contribution in [0.25, 0.3) is 0 Å². The first kappa shape index (κ1) is 14.5. The smallest absolute Gasteiger partial charge is 0.293 e. The summed E-state index contributed by atoms with van der Waals surface area (Å²) in [5, 5.41) is 3.24. The van der Waals surface area contributed by atoms with E-state index >= 15 is 0 Å². The van der Waals surface area contributed by atoms with Crippen molar-refractivity contribution < 1.29 is 13.6 Å². The Bertz CT molecular complexity index is 779. The zero-order chi connectivity index (χ0) is 15.5. The van der Waals surface area contributed by atoms with Gasteiger partial charge in [0, 0.05) is 11.3 Å². The molecule has 1 aromatic carbocycles. The fourth-order valence-electron chi connectivity index (χ4n) is 2.00. The van der Waals surface area contributed by atoms with E-state index in [2.05, 4.69) is 10.3 Å². The third-order valence-corrected chi connectivity index (χ3v) is 4.21. The lowest BCUT2D eigenvalue weighted by Gasteiger charge is -1.99. The van der Waals surface area contributed by atoms with Gasteiger partial charge in [-0.1, -0.05) is 12.1 Å². The molecule has 112 valence electrons. The van der Waals surface area contributed by atoms with Crippen LogP contribution < -0.4 is 5.32 Å². The molecule has 2 heterocycles. The number of halogens is 1. The molecular formula is C16H13FN2O2S. The Labute approximate surface area is 130 Å². The predicted octanol–water partition coefficient (Wildman–Crippen LogP) is 4.03. The second-order valence-electron chi connectivity index (χ2n) is 4.76. The molecule has 0 atom stereocenters. The first-order chi connectivity index (χ1) is 10.6. The van der Waals surface area contributed by atoms with Gasteiger partial charge in [-0.25, -0.2) is 9.37 Å². The van der Waals surface area contributed by atoms with Gasteiger partial charge in [0.05, 0.1) is 12.0 Å². The number of benzene rings is 1. The molecule has 0 radical (unpaired) electrons. The molecule has 1 N–H and O–H groups in total. The fraction of sp³-hybridized carbons (Fsp3) is 0.125. The van der Waals surface area contributed by atoms with E-state index in [4.69, 9.17) is 4.42 Å². The third kappa shape index (κ3) is 3.23. The minimum absolute atomic E-state index is 0.243. The van der Waals surface area contributed by atoms with Gasteiger partial charge in [0.2, 0.25) is 0 Å². The van der Waals surface area contributed by atoms with Gasteiger partial charge in [-0.3, -0.25) is 10.1 Å². The van der Waals surface area contributed by atoms with Gasteiger partial charge in [0.1, 0.15) is 5.82 Å². The molecule has 0 aliphatic rings.